The number of guanidine groups is 1. The number of rotatable bonds is 9. The Bertz CT molecular complexity index is 379. The van der Waals surface area contributed by atoms with Gasteiger partial charge in [-0.05, 0) is 50.9 Å². The normalized spacial score (nSPS) is 17.0. The molecule has 0 aromatic rings. The summed E-state index contributed by atoms with van der Waals surface area (Å²) in [6.07, 6.45) is 5.29. The Morgan fingerprint density at radius 3 is 2.50 bits per heavy atom. The van der Waals surface area contributed by atoms with Crippen LogP contribution in [0, 0.1) is 11.8 Å². The lowest BCUT2D eigenvalue weighted by atomic mass is 9.94. The number of hydrogen-bond acceptors (Lipinski definition) is 3. The number of aliphatic imine (C=N–C) groups is 1. The van der Waals surface area contributed by atoms with Gasteiger partial charge in [0.2, 0.25) is 5.91 Å². The molecule has 1 aliphatic rings. The van der Waals surface area contributed by atoms with Crippen LogP contribution in [-0.4, -0.2) is 61.2 Å². The predicted molar refractivity (Wildman–Crippen MR) is 99.1 cm³/mol. The number of aliphatic hydroxyl groups is 1. The highest BCUT2D eigenvalue weighted by Gasteiger charge is 2.16. The number of hydrogen-bond donors (Lipinski definition) is 3. The number of piperidine rings is 1. The van der Waals surface area contributed by atoms with Crippen LogP contribution in [-0.2, 0) is 4.79 Å². The standard InChI is InChI=1S/C18H36N4O2/c1-4-19-18(20-13-16(8-11-23)12-15(2)3)21-14-17(24)22-9-6-5-7-10-22/h15-16,23H,4-14H2,1-3H3,(H2,19,20,21). The SMILES string of the molecule is CCNC(=NCC(=O)N1CCCCC1)NCC(CCO)CC(C)C. The van der Waals surface area contributed by atoms with E-state index in [0.29, 0.717) is 17.8 Å². The second-order valence-electron chi connectivity index (χ2n) is 7.03. The van der Waals surface area contributed by atoms with Crippen molar-refractivity contribution < 1.29 is 9.90 Å². The molecule has 0 spiro atoms. The molecule has 1 saturated heterocycles. The Labute approximate surface area is 147 Å². The fraction of sp³-hybridized carbons (Fsp3) is 0.889. The Morgan fingerprint density at radius 2 is 1.92 bits per heavy atom. The minimum Gasteiger partial charge on any atom is -0.396 e. The molecule has 0 aromatic heterocycles. The third-order valence-electron chi connectivity index (χ3n) is 4.33. The number of likely N-dealkylation sites (tertiary alicyclic amines) is 1. The number of carbonyl (C=O) groups excluding carboxylic acids is 1. The molecular formula is C18H36N4O2. The number of aliphatic hydroxyl groups excluding tert-OH is 1. The van der Waals surface area contributed by atoms with E-state index in [2.05, 4.69) is 29.5 Å². The average Bonchev–Trinajstić information content (AvgIpc) is 2.57. The summed E-state index contributed by atoms with van der Waals surface area (Å²) in [6.45, 7) is 10.1. The van der Waals surface area contributed by atoms with Crippen molar-refractivity contribution >= 4 is 11.9 Å². The second kappa shape index (κ2) is 12.1. The van der Waals surface area contributed by atoms with E-state index in [1.54, 1.807) is 0 Å². The molecule has 1 heterocycles. The van der Waals surface area contributed by atoms with Gasteiger partial charge in [-0.3, -0.25) is 4.79 Å². The maximum Gasteiger partial charge on any atom is 0.244 e. The first kappa shape index (κ1) is 20.7. The molecule has 0 saturated carbocycles. The van der Waals surface area contributed by atoms with Crippen LogP contribution in [0.4, 0.5) is 0 Å². The highest BCUT2D eigenvalue weighted by atomic mass is 16.3. The minimum absolute atomic E-state index is 0.112. The topological polar surface area (TPSA) is 77.0 Å². The summed E-state index contributed by atoms with van der Waals surface area (Å²) in [5, 5.41) is 15.7. The Hall–Kier alpha value is -1.30. The fourth-order valence-corrected chi connectivity index (χ4v) is 3.13. The van der Waals surface area contributed by atoms with Crippen molar-refractivity contribution in [1.29, 1.82) is 0 Å². The molecule has 6 heteroatoms. The second-order valence-corrected chi connectivity index (χ2v) is 7.03. The summed E-state index contributed by atoms with van der Waals surface area (Å²) in [4.78, 5) is 18.6. The van der Waals surface area contributed by atoms with Crippen molar-refractivity contribution in [3.63, 3.8) is 0 Å². The van der Waals surface area contributed by atoms with Crippen LogP contribution in [0.3, 0.4) is 0 Å². The number of nitrogens with one attached hydrogen (secondary N) is 2. The summed E-state index contributed by atoms with van der Waals surface area (Å²) in [5.41, 5.74) is 0. The molecule has 1 fully saturated rings. The van der Waals surface area contributed by atoms with E-state index in [1.807, 2.05) is 11.8 Å². The minimum atomic E-state index is 0.112. The number of amides is 1. The van der Waals surface area contributed by atoms with Crippen molar-refractivity contribution in [1.82, 2.24) is 15.5 Å². The molecule has 0 aliphatic carbocycles. The maximum atomic E-state index is 12.2. The summed E-state index contributed by atoms with van der Waals surface area (Å²) in [6, 6.07) is 0. The molecule has 0 aromatic carbocycles. The third kappa shape index (κ3) is 8.52. The zero-order chi connectivity index (χ0) is 17.8. The van der Waals surface area contributed by atoms with E-state index in [4.69, 9.17) is 0 Å². The van der Waals surface area contributed by atoms with Gasteiger partial charge >= 0.3 is 0 Å². The molecule has 1 aliphatic heterocycles. The van der Waals surface area contributed by atoms with Crippen LogP contribution in [0.15, 0.2) is 4.99 Å². The molecular weight excluding hydrogens is 304 g/mol. The largest absolute Gasteiger partial charge is 0.396 e. The lowest BCUT2D eigenvalue weighted by molar-refractivity contribution is -0.130. The maximum absolute atomic E-state index is 12.2. The molecule has 1 atom stereocenters. The van der Waals surface area contributed by atoms with Gasteiger partial charge in [0.15, 0.2) is 5.96 Å². The molecule has 1 rings (SSSR count). The van der Waals surface area contributed by atoms with E-state index in [-0.39, 0.29) is 19.1 Å². The van der Waals surface area contributed by atoms with Crippen LogP contribution in [0.2, 0.25) is 0 Å². The van der Waals surface area contributed by atoms with E-state index in [0.717, 1.165) is 51.9 Å². The highest BCUT2D eigenvalue weighted by molar-refractivity contribution is 5.85. The van der Waals surface area contributed by atoms with Gasteiger partial charge in [-0.1, -0.05) is 13.8 Å². The molecule has 0 bridgehead atoms. The summed E-state index contributed by atoms with van der Waals surface area (Å²) in [5.74, 6) is 1.82. The molecule has 1 unspecified atom stereocenters. The van der Waals surface area contributed by atoms with Crippen LogP contribution >= 0.6 is 0 Å². The Balaban J connectivity index is 2.49. The summed E-state index contributed by atoms with van der Waals surface area (Å²) < 4.78 is 0. The van der Waals surface area contributed by atoms with E-state index < -0.39 is 0 Å². The van der Waals surface area contributed by atoms with Crippen LogP contribution < -0.4 is 10.6 Å². The van der Waals surface area contributed by atoms with E-state index >= 15 is 0 Å². The lowest BCUT2D eigenvalue weighted by Gasteiger charge is -2.26. The van der Waals surface area contributed by atoms with Gasteiger partial charge in [-0.15, -0.1) is 0 Å². The third-order valence-corrected chi connectivity index (χ3v) is 4.33. The van der Waals surface area contributed by atoms with Crippen LogP contribution in [0.25, 0.3) is 0 Å². The first-order valence-corrected chi connectivity index (χ1v) is 9.47. The number of nitrogens with zero attached hydrogens (tertiary/aromatic N) is 2. The molecule has 24 heavy (non-hydrogen) atoms. The van der Waals surface area contributed by atoms with Gasteiger partial charge in [-0.25, -0.2) is 4.99 Å². The van der Waals surface area contributed by atoms with Gasteiger partial charge in [0, 0.05) is 32.8 Å². The molecule has 0 radical (unpaired) electrons. The monoisotopic (exact) mass is 340 g/mol. The smallest absolute Gasteiger partial charge is 0.244 e. The zero-order valence-corrected chi connectivity index (χ0v) is 15.7. The highest BCUT2D eigenvalue weighted by Crippen LogP contribution is 2.14. The zero-order valence-electron chi connectivity index (χ0n) is 15.7. The Morgan fingerprint density at radius 1 is 1.21 bits per heavy atom. The first-order valence-electron chi connectivity index (χ1n) is 9.47. The summed E-state index contributed by atoms with van der Waals surface area (Å²) in [7, 11) is 0. The van der Waals surface area contributed by atoms with Crippen LogP contribution in [0.5, 0.6) is 0 Å². The quantitative estimate of drug-likeness (QED) is 0.440. The van der Waals surface area contributed by atoms with Crippen molar-refractivity contribution in [2.45, 2.75) is 52.9 Å². The van der Waals surface area contributed by atoms with Crippen molar-refractivity contribution in [2.24, 2.45) is 16.8 Å². The van der Waals surface area contributed by atoms with Crippen LogP contribution in [0.1, 0.15) is 52.9 Å². The number of carbonyl (C=O) groups is 1. The van der Waals surface area contributed by atoms with Crippen molar-refractivity contribution in [3.8, 4) is 0 Å². The predicted octanol–water partition coefficient (Wildman–Crippen LogP) is 1.60. The fourth-order valence-electron chi connectivity index (χ4n) is 3.13. The van der Waals surface area contributed by atoms with Gasteiger partial charge in [0.05, 0.1) is 0 Å². The van der Waals surface area contributed by atoms with Crippen molar-refractivity contribution in [3.05, 3.63) is 0 Å². The summed E-state index contributed by atoms with van der Waals surface area (Å²) >= 11 is 0. The van der Waals surface area contributed by atoms with Gasteiger partial charge in [-0.2, -0.15) is 0 Å². The lowest BCUT2D eigenvalue weighted by Crippen LogP contribution is -2.42. The molecule has 140 valence electrons. The van der Waals surface area contributed by atoms with Gasteiger partial charge in [0.1, 0.15) is 6.54 Å². The molecule has 1 amide bonds. The van der Waals surface area contributed by atoms with E-state index in [9.17, 15) is 9.90 Å². The van der Waals surface area contributed by atoms with Gasteiger partial charge < -0.3 is 20.6 Å². The first-order chi connectivity index (χ1) is 11.6. The Kier molecular flexibility index (Phi) is 10.5. The molecule has 6 nitrogen and oxygen atoms in total. The van der Waals surface area contributed by atoms with Crippen molar-refractivity contribution in [2.75, 3.05) is 39.3 Å². The van der Waals surface area contributed by atoms with E-state index in [1.165, 1.54) is 6.42 Å². The van der Waals surface area contributed by atoms with Gasteiger partial charge in [0.25, 0.3) is 0 Å². The molecule has 3 N–H and O–H groups in total. The average molecular weight is 341 g/mol.